The minimum Gasteiger partial charge on any atom is -1.00 e. The van der Waals surface area contributed by atoms with Gasteiger partial charge >= 0.3 is 37.7 Å². The van der Waals surface area contributed by atoms with Crippen LogP contribution in [0.1, 0.15) is 2.85 Å². The Morgan fingerprint density at radius 1 is 1.20 bits per heavy atom. The molecule has 24 valence electrons. The molecule has 0 spiro atoms. The first-order valence-electron chi connectivity index (χ1n) is 0. The standard InChI is InChI=1S/Al.Ca.Cr.H3Si.Zn.4H/h;;;1H3;;;;;/q;+2;;;;;;2*-1. The first kappa shape index (κ1) is 41.8. The summed E-state index contributed by atoms with van der Waals surface area (Å²) in [5.41, 5.74) is 0. The van der Waals surface area contributed by atoms with E-state index in [1.165, 1.54) is 0 Å². The van der Waals surface area contributed by atoms with Crippen LogP contribution >= 0.6 is 0 Å². The summed E-state index contributed by atoms with van der Waals surface area (Å²) in [4.78, 5) is 0. The van der Waals surface area contributed by atoms with E-state index < -0.39 is 0 Å². The van der Waals surface area contributed by atoms with Gasteiger partial charge in [0.15, 0.2) is 0 Å². The van der Waals surface area contributed by atoms with Gasteiger partial charge in [-0.2, -0.15) is 0 Å². The maximum absolute atomic E-state index is 0. The minimum atomic E-state index is 0. The SMILES string of the molecule is [AlH2].[Ca+2].[Cr].[H-].[H-].[SiH3].[Zn]. The van der Waals surface area contributed by atoms with Gasteiger partial charge in [0.05, 0.1) is 0 Å². The maximum atomic E-state index is 0. The molecule has 0 bridgehead atoms. The monoisotopic (exact) mass is 218 g/mol. The van der Waals surface area contributed by atoms with Crippen molar-refractivity contribution < 1.29 is 39.7 Å². The second-order valence-electron chi connectivity index (χ2n) is 0. The summed E-state index contributed by atoms with van der Waals surface area (Å²) in [5, 5.41) is 0. The number of hydrogen-bond acceptors (Lipinski definition) is 0. The molecule has 0 aliphatic carbocycles. The van der Waals surface area contributed by atoms with Crippen molar-refractivity contribution in [1.29, 1.82) is 0 Å². The molecule has 0 unspecified atom stereocenters. The molecule has 0 atom stereocenters. The fourth-order valence-electron chi connectivity index (χ4n) is 0. The molecular formula is H7AlCaCrSiZn. The molecule has 0 rings (SSSR count). The Morgan fingerprint density at radius 3 is 1.20 bits per heavy atom. The summed E-state index contributed by atoms with van der Waals surface area (Å²) in [6.07, 6.45) is 0. The van der Waals surface area contributed by atoms with Crippen molar-refractivity contribution >= 4 is 66.1 Å². The van der Waals surface area contributed by atoms with Gasteiger partial charge in [-0.1, -0.05) is 0 Å². The van der Waals surface area contributed by atoms with Crippen LogP contribution in [0.3, 0.4) is 0 Å². The molecule has 0 aromatic heterocycles. The number of rotatable bonds is 0. The third-order valence-electron chi connectivity index (χ3n) is 0. The van der Waals surface area contributed by atoms with E-state index in [-0.39, 0.29) is 106 Å². The normalized spacial score (nSPS) is 0. The van der Waals surface area contributed by atoms with Crippen LogP contribution < -0.4 is 0 Å². The van der Waals surface area contributed by atoms with E-state index in [9.17, 15) is 0 Å². The van der Waals surface area contributed by atoms with Crippen LogP contribution in [0.5, 0.6) is 0 Å². The van der Waals surface area contributed by atoms with Crippen LogP contribution in [-0.2, 0) is 36.8 Å². The summed E-state index contributed by atoms with van der Waals surface area (Å²) in [6, 6.07) is 0. The zero-order valence-corrected chi connectivity index (χ0v) is 14.3. The Hall–Kier alpha value is 3.16. The van der Waals surface area contributed by atoms with Gasteiger partial charge in [-0.25, -0.2) is 0 Å². The molecule has 0 aliphatic heterocycles. The molecule has 0 saturated heterocycles. The molecule has 0 aliphatic rings. The smallest absolute Gasteiger partial charge is 1.00 e. The molecule has 0 nitrogen and oxygen atoms in total. The molecule has 5 heteroatoms. The van der Waals surface area contributed by atoms with Gasteiger partial charge in [-0.15, -0.1) is 0 Å². The molecule has 0 aromatic carbocycles. The van der Waals surface area contributed by atoms with E-state index in [2.05, 4.69) is 0 Å². The fraction of sp³-hybridized carbons (Fsp3) is 0. The van der Waals surface area contributed by atoms with Gasteiger partial charge < -0.3 is 2.85 Å². The maximum Gasteiger partial charge on any atom is 2.00 e. The fourth-order valence-corrected chi connectivity index (χ4v) is 0. The van der Waals surface area contributed by atoms with Gasteiger partial charge in [-0.05, 0) is 11.0 Å². The van der Waals surface area contributed by atoms with E-state index in [4.69, 9.17) is 0 Å². The second kappa shape index (κ2) is 27.2. The zero-order valence-electron chi connectivity index (χ0n) is 5.82. The third-order valence-corrected chi connectivity index (χ3v) is 0. The quantitative estimate of drug-likeness (QED) is 0.404. The van der Waals surface area contributed by atoms with Crippen molar-refractivity contribution in [3.05, 3.63) is 0 Å². The summed E-state index contributed by atoms with van der Waals surface area (Å²) in [5.74, 6) is 0. The van der Waals surface area contributed by atoms with Crippen LogP contribution in [0.25, 0.3) is 0 Å². The average molecular weight is 220 g/mol. The van der Waals surface area contributed by atoms with E-state index in [0.29, 0.717) is 0 Å². The Morgan fingerprint density at radius 2 is 1.20 bits per heavy atom. The minimum absolute atomic E-state index is 0. The summed E-state index contributed by atoms with van der Waals surface area (Å²) < 4.78 is 0. The van der Waals surface area contributed by atoms with Crippen LogP contribution in [0, 0.1) is 0 Å². The largest absolute Gasteiger partial charge is 2.00 e. The summed E-state index contributed by atoms with van der Waals surface area (Å²) in [6.45, 7) is 0. The van der Waals surface area contributed by atoms with E-state index in [1.807, 2.05) is 0 Å². The Labute approximate surface area is 104 Å². The molecular weight excluding hydrogens is 213 g/mol. The Balaban J connectivity index is 0. The van der Waals surface area contributed by atoms with Crippen LogP contribution in [-0.4, -0.2) is 66.1 Å². The van der Waals surface area contributed by atoms with Gasteiger partial charge in [0, 0.05) is 36.8 Å². The third kappa shape index (κ3) is 19.1. The predicted molar refractivity (Wildman–Crippen MR) is 26.5 cm³/mol. The van der Waals surface area contributed by atoms with E-state index >= 15 is 0 Å². The van der Waals surface area contributed by atoms with Crippen LogP contribution in [0.15, 0.2) is 0 Å². The zero-order chi connectivity index (χ0) is 0. The average Bonchev–Trinajstić information content (AvgIpc) is 0. The van der Waals surface area contributed by atoms with Crippen molar-refractivity contribution in [1.82, 2.24) is 0 Å². The summed E-state index contributed by atoms with van der Waals surface area (Å²) in [7, 11) is 0. The van der Waals surface area contributed by atoms with Gasteiger partial charge in [0.2, 0.25) is 0 Å². The van der Waals surface area contributed by atoms with E-state index in [1.54, 1.807) is 0 Å². The first-order valence-corrected chi connectivity index (χ1v) is 0. The van der Waals surface area contributed by atoms with Crippen molar-refractivity contribution in [2.45, 2.75) is 0 Å². The van der Waals surface area contributed by atoms with Crippen LogP contribution in [0.2, 0.25) is 0 Å². The molecule has 0 heterocycles. The molecule has 0 fully saturated rings. The second-order valence-corrected chi connectivity index (χ2v) is 0. The molecule has 0 N–H and O–H groups in total. The van der Waals surface area contributed by atoms with Crippen molar-refractivity contribution in [2.24, 2.45) is 0 Å². The van der Waals surface area contributed by atoms with E-state index in [0.717, 1.165) is 0 Å². The van der Waals surface area contributed by atoms with Gasteiger partial charge in [0.25, 0.3) is 0 Å². The van der Waals surface area contributed by atoms with Crippen molar-refractivity contribution in [2.75, 3.05) is 0 Å². The van der Waals surface area contributed by atoms with Crippen molar-refractivity contribution in [3.8, 4) is 0 Å². The molecule has 0 aromatic rings. The van der Waals surface area contributed by atoms with Gasteiger partial charge in [-0.3, -0.25) is 0 Å². The molecule has 5 heavy (non-hydrogen) atoms. The predicted octanol–water partition coefficient (Wildman–Crippen LogP) is -2.26. The first-order chi connectivity index (χ1) is 0. The summed E-state index contributed by atoms with van der Waals surface area (Å²) >= 11 is 0. The Bertz CT molecular complexity index is 17.7. The topological polar surface area (TPSA) is 0 Å². The van der Waals surface area contributed by atoms with Crippen molar-refractivity contribution in [3.63, 3.8) is 0 Å². The van der Waals surface area contributed by atoms with Crippen LogP contribution in [0.4, 0.5) is 0 Å². The Kier molecular flexibility index (Phi) is 228. The molecule has 2 radical (unpaired) electrons. The molecule has 0 saturated carbocycles. The number of hydrogen-bond donors (Lipinski definition) is 0. The molecule has 0 amide bonds. The van der Waals surface area contributed by atoms with Gasteiger partial charge in [0.1, 0.15) is 17.4 Å².